The molecule has 2 atom stereocenters. The number of aliphatic hydroxyl groups is 1. The number of piperidine rings is 1. The predicted octanol–water partition coefficient (Wildman–Crippen LogP) is 4.01. The molecule has 1 saturated heterocycles. The number of Topliss-reactive ketones (excluding diaryl/α,β-unsaturated/α-hetero) is 1. The zero-order valence-electron chi connectivity index (χ0n) is 15.7. The molecule has 0 saturated carbocycles. The number of nitrogens with zero attached hydrogens (tertiary/aromatic N) is 1. The average Bonchev–Trinajstić information content (AvgIpc) is 3.13. The van der Waals surface area contributed by atoms with Gasteiger partial charge in [-0.3, -0.25) is 9.69 Å². The smallest absolute Gasteiger partial charge is 0.185 e. The number of aromatic amines is 1. The molecule has 1 aromatic heterocycles. The van der Waals surface area contributed by atoms with Crippen molar-refractivity contribution in [3.05, 3.63) is 71.9 Å². The van der Waals surface area contributed by atoms with Crippen molar-refractivity contribution in [2.45, 2.75) is 31.9 Å². The SMILES string of the molecule is CC[C@]1(O)CN(Cc2ccccc2)CC[C@@H]1C(=O)c1cc2ccccc2[nH]1. The van der Waals surface area contributed by atoms with Gasteiger partial charge in [0.1, 0.15) is 0 Å². The molecule has 0 amide bonds. The lowest BCUT2D eigenvalue weighted by molar-refractivity contribution is -0.0691. The van der Waals surface area contributed by atoms with E-state index in [1.54, 1.807) is 0 Å². The first-order valence-corrected chi connectivity index (χ1v) is 9.70. The molecule has 4 nitrogen and oxygen atoms in total. The molecular formula is C23H26N2O2. The summed E-state index contributed by atoms with van der Waals surface area (Å²) >= 11 is 0. The number of hydrogen-bond donors (Lipinski definition) is 2. The molecule has 0 radical (unpaired) electrons. The monoisotopic (exact) mass is 362 g/mol. The number of carbonyl (C=O) groups is 1. The maximum Gasteiger partial charge on any atom is 0.185 e. The van der Waals surface area contributed by atoms with Crippen molar-refractivity contribution in [2.24, 2.45) is 5.92 Å². The lowest BCUT2D eigenvalue weighted by atomic mass is 9.76. The molecule has 140 valence electrons. The number of carbonyl (C=O) groups excluding carboxylic acids is 1. The highest BCUT2D eigenvalue weighted by atomic mass is 16.3. The van der Waals surface area contributed by atoms with Crippen molar-refractivity contribution < 1.29 is 9.90 Å². The molecule has 4 heteroatoms. The fourth-order valence-electron chi connectivity index (χ4n) is 4.26. The van der Waals surface area contributed by atoms with Crippen LogP contribution in [-0.2, 0) is 6.54 Å². The van der Waals surface area contributed by atoms with E-state index in [1.807, 2.05) is 55.5 Å². The van der Waals surface area contributed by atoms with Crippen LogP contribution in [0.15, 0.2) is 60.7 Å². The third-order valence-corrected chi connectivity index (χ3v) is 5.85. The average molecular weight is 362 g/mol. The number of hydrogen-bond acceptors (Lipinski definition) is 3. The van der Waals surface area contributed by atoms with E-state index in [1.165, 1.54) is 5.56 Å². The molecule has 0 unspecified atom stereocenters. The highest BCUT2D eigenvalue weighted by Gasteiger charge is 2.44. The molecule has 0 spiro atoms. The number of aromatic nitrogens is 1. The van der Waals surface area contributed by atoms with Crippen molar-refractivity contribution in [2.75, 3.05) is 13.1 Å². The molecule has 2 heterocycles. The lowest BCUT2D eigenvalue weighted by Crippen LogP contribution is -2.55. The first-order valence-electron chi connectivity index (χ1n) is 9.70. The van der Waals surface area contributed by atoms with E-state index in [2.05, 4.69) is 22.0 Å². The molecule has 2 N–H and O–H groups in total. The Bertz CT molecular complexity index is 901. The summed E-state index contributed by atoms with van der Waals surface area (Å²) in [4.78, 5) is 18.7. The molecular weight excluding hydrogens is 336 g/mol. The minimum Gasteiger partial charge on any atom is -0.388 e. The Morgan fingerprint density at radius 3 is 2.67 bits per heavy atom. The number of likely N-dealkylation sites (tertiary alicyclic amines) is 1. The summed E-state index contributed by atoms with van der Waals surface area (Å²) in [5.41, 5.74) is 1.80. The van der Waals surface area contributed by atoms with Gasteiger partial charge in [-0.15, -0.1) is 0 Å². The summed E-state index contributed by atoms with van der Waals surface area (Å²) in [6.07, 6.45) is 1.24. The number of β-amino-alcohol motifs (C(OH)–C–C–N with tert-alkyl or cyclic N) is 1. The standard InChI is InChI=1S/C23H26N2O2/c1-2-23(27)16-25(15-17-8-4-3-5-9-17)13-12-19(23)22(26)21-14-18-10-6-7-11-20(18)24-21/h3-11,14,19,24,27H,2,12-13,15-16H2,1H3/t19-,23+/m1/s1. The second-order valence-corrected chi connectivity index (χ2v) is 7.63. The zero-order valence-corrected chi connectivity index (χ0v) is 15.7. The van der Waals surface area contributed by atoms with E-state index >= 15 is 0 Å². The van der Waals surface area contributed by atoms with Crippen molar-refractivity contribution >= 4 is 16.7 Å². The van der Waals surface area contributed by atoms with Crippen LogP contribution in [0.1, 0.15) is 35.8 Å². The van der Waals surface area contributed by atoms with Gasteiger partial charge in [0.05, 0.1) is 17.2 Å². The minimum absolute atomic E-state index is 0.0231. The number of fused-ring (bicyclic) bond motifs is 1. The molecule has 1 aliphatic rings. The first kappa shape index (κ1) is 18.0. The van der Waals surface area contributed by atoms with Crippen molar-refractivity contribution in [1.29, 1.82) is 0 Å². The zero-order chi connectivity index (χ0) is 18.9. The van der Waals surface area contributed by atoms with E-state index in [4.69, 9.17) is 0 Å². The molecule has 27 heavy (non-hydrogen) atoms. The first-order chi connectivity index (χ1) is 13.1. The third-order valence-electron chi connectivity index (χ3n) is 5.85. The Morgan fingerprint density at radius 2 is 1.93 bits per heavy atom. The van der Waals surface area contributed by atoms with E-state index < -0.39 is 5.60 Å². The van der Waals surface area contributed by atoms with Crippen LogP contribution >= 0.6 is 0 Å². The Morgan fingerprint density at radius 1 is 1.19 bits per heavy atom. The molecule has 3 aromatic rings. The van der Waals surface area contributed by atoms with Crippen LogP contribution in [0.25, 0.3) is 10.9 Å². The van der Waals surface area contributed by atoms with Crippen LogP contribution in [-0.4, -0.2) is 39.5 Å². The molecule has 1 aliphatic heterocycles. The number of nitrogens with one attached hydrogen (secondary N) is 1. The number of para-hydroxylation sites is 1. The van der Waals surface area contributed by atoms with E-state index in [0.29, 0.717) is 25.1 Å². The quantitative estimate of drug-likeness (QED) is 0.674. The molecule has 2 aromatic carbocycles. The molecule has 4 rings (SSSR count). The highest BCUT2D eigenvalue weighted by molar-refractivity contribution is 6.01. The Labute approximate surface area is 159 Å². The molecule has 0 aliphatic carbocycles. The van der Waals surface area contributed by atoms with Gasteiger partial charge >= 0.3 is 0 Å². The summed E-state index contributed by atoms with van der Waals surface area (Å²) in [5.74, 6) is -0.350. The maximum absolute atomic E-state index is 13.2. The van der Waals surface area contributed by atoms with Crippen LogP contribution in [0.4, 0.5) is 0 Å². The van der Waals surface area contributed by atoms with Gasteiger partial charge < -0.3 is 10.1 Å². The molecule has 0 bridgehead atoms. The van der Waals surface area contributed by atoms with Gasteiger partial charge in [-0.1, -0.05) is 55.5 Å². The van der Waals surface area contributed by atoms with Crippen LogP contribution in [0.5, 0.6) is 0 Å². The Kier molecular flexibility index (Phi) is 4.85. The summed E-state index contributed by atoms with van der Waals surface area (Å²) in [6, 6.07) is 20.1. The van der Waals surface area contributed by atoms with E-state index in [9.17, 15) is 9.90 Å². The highest BCUT2D eigenvalue weighted by Crippen LogP contribution is 2.34. The van der Waals surface area contributed by atoms with Crippen LogP contribution in [0.3, 0.4) is 0 Å². The number of H-pyrrole nitrogens is 1. The second kappa shape index (κ2) is 7.29. The van der Waals surface area contributed by atoms with Gasteiger partial charge in [0, 0.05) is 24.0 Å². The maximum atomic E-state index is 13.2. The number of benzene rings is 2. The number of rotatable bonds is 5. The van der Waals surface area contributed by atoms with Crippen LogP contribution in [0, 0.1) is 5.92 Å². The van der Waals surface area contributed by atoms with Crippen molar-refractivity contribution in [1.82, 2.24) is 9.88 Å². The summed E-state index contributed by atoms with van der Waals surface area (Å²) < 4.78 is 0. The van der Waals surface area contributed by atoms with Crippen molar-refractivity contribution in [3.8, 4) is 0 Å². The molecule has 1 fully saturated rings. The van der Waals surface area contributed by atoms with Gasteiger partial charge in [-0.25, -0.2) is 0 Å². The fraction of sp³-hybridized carbons (Fsp3) is 0.348. The topological polar surface area (TPSA) is 56.3 Å². The summed E-state index contributed by atoms with van der Waals surface area (Å²) in [5, 5.41) is 12.3. The normalized spacial score (nSPS) is 23.6. The Hall–Kier alpha value is -2.43. The predicted molar refractivity (Wildman–Crippen MR) is 108 cm³/mol. The van der Waals surface area contributed by atoms with Gasteiger partial charge in [0.2, 0.25) is 0 Å². The van der Waals surface area contributed by atoms with Gasteiger partial charge in [0.25, 0.3) is 0 Å². The van der Waals surface area contributed by atoms with Crippen molar-refractivity contribution in [3.63, 3.8) is 0 Å². The van der Waals surface area contributed by atoms with Gasteiger partial charge in [-0.2, -0.15) is 0 Å². The van der Waals surface area contributed by atoms with E-state index in [0.717, 1.165) is 24.0 Å². The van der Waals surface area contributed by atoms with Crippen LogP contribution < -0.4 is 0 Å². The summed E-state index contributed by atoms with van der Waals surface area (Å²) in [6.45, 7) is 4.11. The van der Waals surface area contributed by atoms with Crippen LogP contribution in [0.2, 0.25) is 0 Å². The second-order valence-electron chi connectivity index (χ2n) is 7.63. The third kappa shape index (κ3) is 3.55. The largest absolute Gasteiger partial charge is 0.388 e. The Balaban J connectivity index is 1.53. The number of ketones is 1. The minimum atomic E-state index is -0.999. The van der Waals surface area contributed by atoms with E-state index in [-0.39, 0.29) is 11.7 Å². The lowest BCUT2D eigenvalue weighted by Gasteiger charge is -2.44. The summed E-state index contributed by atoms with van der Waals surface area (Å²) in [7, 11) is 0. The fourth-order valence-corrected chi connectivity index (χ4v) is 4.26. The van der Waals surface area contributed by atoms with Gasteiger partial charge in [0.15, 0.2) is 5.78 Å². The van der Waals surface area contributed by atoms with Gasteiger partial charge in [-0.05, 0) is 37.1 Å².